The van der Waals surface area contributed by atoms with Gasteiger partial charge in [0.2, 0.25) is 0 Å². The number of carbonyl (C=O) groups excluding carboxylic acids is 3. The highest BCUT2D eigenvalue weighted by Gasteiger charge is 2.52. The summed E-state index contributed by atoms with van der Waals surface area (Å²) in [5, 5.41) is 9.02. The fraction of sp³-hybridized carbons (Fsp3) is 0.389. The lowest BCUT2D eigenvalue weighted by molar-refractivity contribution is -0.125. The Morgan fingerprint density at radius 2 is 2.00 bits per heavy atom. The second-order valence-electron chi connectivity index (χ2n) is 6.78. The molecule has 1 aromatic heterocycles. The third-order valence-corrected chi connectivity index (χ3v) is 5.21. The molecule has 4 amide bonds. The predicted octanol–water partition coefficient (Wildman–Crippen LogP) is 1.81. The maximum absolute atomic E-state index is 12.7. The van der Waals surface area contributed by atoms with Gasteiger partial charge < -0.3 is 15.6 Å². The van der Waals surface area contributed by atoms with Gasteiger partial charge in [0.25, 0.3) is 11.8 Å². The number of para-hydroxylation sites is 1. The van der Waals surface area contributed by atoms with E-state index in [1.165, 1.54) is 0 Å². The van der Waals surface area contributed by atoms with Gasteiger partial charge in [0.15, 0.2) is 0 Å². The van der Waals surface area contributed by atoms with E-state index >= 15 is 0 Å². The number of aromatic amines is 1. The Labute approximate surface area is 144 Å². The van der Waals surface area contributed by atoms with E-state index in [-0.39, 0.29) is 11.8 Å². The van der Waals surface area contributed by atoms with E-state index in [0.29, 0.717) is 18.5 Å². The first-order chi connectivity index (χ1) is 12.1. The van der Waals surface area contributed by atoms with Crippen molar-refractivity contribution in [3.05, 3.63) is 36.0 Å². The van der Waals surface area contributed by atoms with Crippen molar-refractivity contribution in [3.63, 3.8) is 0 Å². The number of H-pyrrole nitrogens is 1. The van der Waals surface area contributed by atoms with Crippen LogP contribution in [0.25, 0.3) is 10.9 Å². The fourth-order valence-corrected chi connectivity index (χ4v) is 3.90. The van der Waals surface area contributed by atoms with Gasteiger partial charge in [-0.1, -0.05) is 37.5 Å². The van der Waals surface area contributed by atoms with Crippen LogP contribution in [0.1, 0.15) is 42.6 Å². The molecule has 7 nitrogen and oxygen atoms in total. The van der Waals surface area contributed by atoms with Crippen molar-refractivity contribution in [1.82, 2.24) is 20.9 Å². The number of carbonyl (C=O) groups is 3. The average molecular weight is 340 g/mol. The Morgan fingerprint density at radius 3 is 2.76 bits per heavy atom. The summed E-state index contributed by atoms with van der Waals surface area (Å²) in [6, 6.07) is 8.53. The van der Waals surface area contributed by atoms with Crippen molar-refractivity contribution in [2.24, 2.45) is 0 Å². The second-order valence-corrected chi connectivity index (χ2v) is 6.78. The maximum atomic E-state index is 12.7. The van der Waals surface area contributed by atoms with E-state index in [1.807, 2.05) is 24.3 Å². The van der Waals surface area contributed by atoms with Gasteiger partial charge in [0.05, 0.1) is 6.04 Å². The normalized spacial score (nSPS) is 26.3. The Kier molecular flexibility index (Phi) is 3.71. The molecule has 1 aromatic carbocycles. The molecule has 2 aromatic rings. The van der Waals surface area contributed by atoms with Crippen LogP contribution in [-0.4, -0.2) is 34.4 Å². The zero-order chi connectivity index (χ0) is 17.4. The zero-order valence-electron chi connectivity index (χ0n) is 13.7. The number of hydrogen-bond acceptors (Lipinski definition) is 3. The molecule has 2 unspecified atom stereocenters. The molecule has 4 rings (SSSR count). The molecule has 4 N–H and O–H groups in total. The molecule has 1 aliphatic carbocycles. The summed E-state index contributed by atoms with van der Waals surface area (Å²) in [6.07, 6.45) is 3.90. The molecule has 1 saturated heterocycles. The summed E-state index contributed by atoms with van der Waals surface area (Å²) >= 11 is 0. The van der Waals surface area contributed by atoms with Crippen LogP contribution in [0.4, 0.5) is 4.79 Å². The highest BCUT2D eigenvalue weighted by Crippen LogP contribution is 2.30. The summed E-state index contributed by atoms with van der Waals surface area (Å²) < 4.78 is 0. The Hall–Kier alpha value is -2.83. The molecule has 7 heteroatoms. The highest BCUT2D eigenvalue weighted by molar-refractivity contribution is 6.08. The van der Waals surface area contributed by atoms with Crippen LogP contribution < -0.4 is 16.0 Å². The standard InChI is InChI=1S/C18H20N4O3/c23-15(13-10-11-6-3-4-7-12(11)19-13)20-14-8-2-1-5-9-18(14)16(24)21-17(25)22-18/h3-4,6-7,10,14,19H,1-2,5,8-9H2,(H,20,23)(H2,21,22,24,25). The minimum Gasteiger partial charge on any atom is -0.351 e. The molecule has 0 radical (unpaired) electrons. The van der Waals surface area contributed by atoms with Crippen molar-refractivity contribution in [2.45, 2.75) is 43.7 Å². The summed E-state index contributed by atoms with van der Waals surface area (Å²) in [4.78, 5) is 40.0. The number of imide groups is 1. The van der Waals surface area contributed by atoms with Crippen LogP contribution in [-0.2, 0) is 4.79 Å². The largest absolute Gasteiger partial charge is 0.351 e. The molecule has 25 heavy (non-hydrogen) atoms. The van der Waals surface area contributed by atoms with Crippen LogP contribution in [0.5, 0.6) is 0 Å². The molecule has 0 bridgehead atoms. The number of amides is 4. The van der Waals surface area contributed by atoms with Gasteiger partial charge in [-0.3, -0.25) is 14.9 Å². The van der Waals surface area contributed by atoms with Gasteiger partial charge in [-0.05, 0) is 25.0 Å². The van der Waals surface area contributed by atoms with Crippen molar-refractivity contribution >= 4 is 28.7 Å². The maximum Gasteiger partial charge on any atom is 0.322 e. The van der Waals surface area contributed by atoms with Gasteiger partial charge in [-0.2, -0.15) is 0 Å². The average Bonchev–Trinajstić information content (AvgIpc) is 3.07. The monoisotopic (exact) mass is 340 g/mol. The third kappa shape index (κ3) is 2.65. The van der Waals surface area contributed by atoms with Crippen LogP contribution in [0.2, 0.25) is 0 Å². The molecule has 1 saturated carbocycles. The first-order valence-corrected chi connectivity index (χ1v) is 8.61. The van der Waals surface area contributed by atoms with E-state index in [0.717, 1.165) is 30.2 Å². The topological polar surface area (TPSA) is 103 Å². The number of nitrogens with one attached hydrogen (secondary N) is 4. The van der Waals surface area contributed by atoms with Gasteiger partial charge >= 0.3 is 6.03 Å². The first-order valence-electron chi connectivity index (χ1n) is 8.61. The van der Waals surface area contributed by atoms with E-state index in [4.69, 9.17) is 0 Å². The quantitative estimate of drug-likeness (QED) is 0.627. The highest BCUT2D eigenvalue weighted by atomic mass is 16.2. The van der Waals surface area contributed by atoms with E-state index in [1.54, 1.807) is 6.07 Å². The number of hydrogen-bond donors (Lipinski definition) is 4. The number of urea groups is 1. The lowest BCUT2D eigenvalue weighted by atomic mass is 9.85. The minimum absolute atomic E-state index is 0.267. The SMILES string of the molecule is O=C1NC(=O)C2(CCCCCC2NC(=O)c2cc3ccccc3[nH]2)N1. The lowest BCUT2D eigenvalue weighted by Gasteiger charge is -2.33. The Balaban J connectivity index is 1.61. The molecule has 130 valence electrons. The van der Waals surface area contributed by atoms with Crippen molar-refractivity contribution in [3.8, 4) is 0 Å². The number of benzene rings is 1. The third-order valence-electron chi connectivity index (χ3n) is 5.21. The van der Waals surface area contributed by atoms with Gasteiger partial charge in [0, 0.05) is 10.9 Å². The first kappa shape index (κ1) is 15.7. The smallest absolute Gasteiger partial charge is 0.322 e. The van der Waals surface area contributed by atoms with E-state index in [2.05, 4.69) is 20.9 Å². The van der Waals surface area contributed by atoms with Gasteiger partial charge in [-0.25, -0.2) is 4.79 Å². The molecule has 2 fully saturated rings. The van der Waals surface area contributed by atoms with E-state index in [9.17, 15) is 14.4 Å². The van der Waals surface area contributed by atoms with Crippen molar-refractivity contribution < 1.29 is 14.4 Å². The second kappa shape index (κ2) is 5.91. The van der Waals surface area contributed by atoms with Crippen LogP contribution in [0, 0.1) is 0 Å². The minimum atomic E-state index is -1.05. The Morgan fingerprint density at radius 1 is 1.16 bits per heavy atom. The predicted molar refractivity (Wildman–Crippen MR) is 92.0 cm³/mol. The molecule has 1 spiro atoms. The molecular weight excluding hydrogens is 320 g/mol. The lowest BCUT2D eigenvalue weighted by Crippen LogP contribution is -2.62. The van der Waals surface area contributed by atoms with Crippen LogP contribution in [0.15, 0.2) is 30.3 Å². The Bertz CT molecular complexity index is 826. The summed E-state index contributed by atoms with van der Waals surface area (Å²) in [7, 11) is 0. The number of aromatic nitrogens is 1. The van der Waals surface area contributed by atoms with E-state index < -0.39 is 17.6 Å². The molecule has 2 atom stereocenters. The summed E-state index contributed by atoms with van der Waals surface area (Å²) in [5.74, 6) is -0.613. The molecule has 2 heterocycles. The van der Waals surface area contributed by atoms with Gasteiger partial charge in [0.1, 0.15) is 11.2 Å². The number of fused-ring (bicyclic) bond motifs is 1. The molecule has 1 aliphatic heterocycles. The molecular formula is C18H20N4O3. The van der Waals surface area contributed by atoms with Crippen LogP contribution >= 0.6 is 0 Å². The van der Waals surface area contributed by atoms with Crippen LogP contribution in [0.3, 0.4) is 0 Å². The molecule has 2 aliphatic rings. The fourth-order valence-electron chi connectivity index (χ4n) is 3.90. The summed E-state index contributed by atoms with van der Waals surface area (Å²) in [6.45, 7) is 0. The van der Waals surface area contributed by atoms with Crippen molar-refractivity contribution in [2.75, 3.05) is 0 Å². The summed E-state index contributed by atoms with van der Waals surface area (Å²) in [5.41, 5.74) is 0.287. The number of rotatable bonds is 2. The van der Waals surface area contributed by atoms with Gasteiger partial charge in [-0.15, -0.1) is 0 Å². The zero-order valence-corrected chi connectivity index (χ0v) is 13.7. The van der Waals surface area contributed by atoms with Crippen molar-refractivity contribution in [1.29, 1.82) is 0 Å².